The molecule has 0 atom stereocenters. The lowest BCUT2D eigenvalue weighted by Gasteiger charge is -2.27. The lowest BCUT2D eigenvalue weighted by atomic mass is 10.0. The minimum Gasteiger partial charge on any atom is -0.379 e. The summed E-state index contributed by atoms with van der Waals surface area (Å²) in [4.78, 5) is 11.2. The van der Waals surface area contributed by atoms with Crippen molar-refractivity contribution in [3.8, 4) is 0 Å². The maximum absolute atomic E-state index is 11.2. The average molecular weight is 233 g/mol. The van der Waals surface area contributed by atoms with Crippen molar-refractivity contribution in [3.05, 3.63) is 23.8 Å². The van der Waals surface area contributed by atoms with Gasteiger partial charge in [-0.2, -0.15) is 0 Å². The molecule has 0 aliphatic carbocycles. The van der Waals surface area contributed by atoms with E-state index in [-0.39, 0.29) is 11.4 Å². The standard InChI is InChI=1S/C13H19N3O/c1-13(2,8-14)16-10-4-5-11-9(7-10)3-6-12(17)15-11/h4-5,7,16H,3,6,8,14H2,1-2H3,(H,15,17). The van der Waals surface area contributed by atoms with E-state index in [0.717, 1.165) is 17.8 Å². The van der Waals surface area contributed by atoms with Gasteiger partial charge in [-0.3, -0.25) is 4.79 Å². The normalized spacial score (nSPS) is 15.1. The summed E-state index contributed by atoms with van der Waals surface area (Å²) >= 11 is 0. The Balaban J connectivity index is 2.19. The summed E-state index contributed by atoms with van der Waals surface area (Å²) in [6.07, 6.45) is 1.37. The van der Waals surface area contributed by atoms with Crippen molar-refractivity contribution in [2.24, 2.45) is 5.73 Å². The van der Waals surface area contributed by atoms with Gasteiger partial charge in [0.2, 0.25) is 5.91 Å². The fourth-order valence-corrected chi connectivity index (χ4v) is 1.90. The molecule has 2 rings (SSSR count). The van der Waals surface area contributed by atoms with Crippen LogP contribution in [0.15, 0.2) is 18.2 Å². The largest absolute Gasteiger partial charge is 0.379 e. The Kier molecular flexibility index (Phi) is 3.07. The zero-order chi connectivity index (χ0) is 12.5. The van der Waals surface area contributed by atoms with E-state index in [1.54, 1.807) is 0 Å². The van der Waals surface area contributed by atoms with E-state index in [2.05, 4.69) is 30.5 Å². The zero-order valence-corrected chi connectivity index (χ0v) is 10.3. The predicted octanol–water partition coefficient (Wildman–Crippen LogP) is 1.72. The highest BCUT2D eigenvalue weighted by Crippen LogP contribution is 2.26. The van der Waals surface area contributed by atoms with Crippen LogP contribution in [0.4, 0.5) is 11.4 Å². The SMILES string of the molecule is CC(C)(CN)Nc1ccc2c(c1)CCC(=O)N2. The molecule has 0 aromatic heterocycles. The summed E-state index contributed by atoms with van der Waals surface area (Å²) < 4.78 is 0. The Morgan fingerprint density at radius 3 is 2.88 bits per heavy atom. The van der Waals surface area contributed by atoms with E-state index in [9.17, 15) is 4.79 Å². The molecular weight excluding hydrogens is 214 g/mol. The fourth-order valence-electron chi connectivity index (χ4n) is 1.90. The smallest absolute Gasteiger partial charge is 0.224 e. The third-order valence-corrected chi connectivity index (χ3v) is 2.99. The van der Waals surface area contributed by atoms with Crippen molar-refractivity contribution >= 4 is 17.3 Å². The van der Waals surface area contributed by atoms with Crippen molar-refractivity contribution in [2.75, 3.05) is 17.2 Å². The number of anilines is 2. The number of benzene rings is 1. The number of carbonyl (C=O) groups is 1. The number of fused-ring (bicyclic) bond motifs is 1. The Morgan fingerprint density at radius 2 is 2.18 bits per heavy atom. The fraction of sp³-hybridized carbons (Fsp3) is 0.462. The second kappa shape index (κ2) is 4.37. The summed E-state index contributed by atoms with van der Waals surface area (Å²) in [5.74, 6) is 0.0977. The molecule has 0 radical (unpaired) electrons. The van der Waals surface area contributed by atoms with Crippen LogP contribution in [0.25, 0.3) is 0 Å². The highest BCUT2D eigenvalue weighted by molar-refractivity contribution is 5.94. The first-order chi connectivity index (χ1) is 8.00. The minimum absolute atomic E-state index is 0.0977. The molecule has 92 valence electrons. The number of amides is 1. The van der Waals surface area contributed by atoms with Gasteiger partial charge in [0, 0.05) is 29.9 Å². The summed E-state index contributed by atoms with van der Waals surface area (Å²) in [6.45, 7) is 4.70. The van der Waals surface area contributed by atoms with E-state index in [1.165, 1.54) is 5.56 Å². The topological polar surface area (TPSA) is 67.1 Å². The van der Waals surface area contributed by atoms with Gasteiger partial charge in [-0.15, -0.1) is 0 Å². The summed E-state index contributed by atoms with van der Waals surface area (Å²) in [7, 11) is 0. The minimum atomic E-state index is -0.119. The number of rotatable bonds is 3. The quantitative estimate of drug-likeness (QED) is 0.744. The van der Waals surface area contributed by atoms with Gasteiger partial charge in [0.15, 0.2) is 0 Å². The molecule has 0 saturated heterocycles. The van der Waals surface area contributed by atoms with Crippen LogP contribution in [0.2, 0.25) is 0 Å². The molecule has 1 aromatic rings. The van der Waals surface area contributed by atoms with Crippen LogP contribution in [-0.2, 0) is 11.2 Å². The lowest BCUT2D eigenvalue weighted by molar-refractivity contribution is -0.116. The molecule has 17 heavy (non-hydrogen) atoms. The first-order valence-electron chi connectivity index (χ1n) is 5.91. The Hall–Kier alpha value is -1.55. The number of carbonyl (C=O) groups excluding carboxylic acids is 1. The summed E-state index contributed by atoms with van der Waals surface area (Å²) in [5.41, 5.74) is 8.73. The predicted molar refractivity (Wildman–Crippen MR) is 70.1 cm³/mol. The van der Waals surface area contributed by atoms with Crippen LogP contribution in [0.1, 0.15) is 25.8 Å². The Labute approximate surface area is 102 Å². The molecule has 1 heterocycles. The highest BCUT2D eigenvalue weighted by atomic mass is 16.1. The molecular formula is C13H19N3O. The van der Waals surface area contributed by atoms with Crippen LogP contribution in [0.5, 0.6) is 0 Å². The monoisotopic (exact) mass is 233 g/mol. The average Bonchev–Trinajstić information content (AvgIpc) is 2.29. The van der Waals surface area contributed by atoms with Crippen molar-refractivity contribution in [2.45, 2.75) is 32.2 Å². The summed E-state index contributed by atoms with van der Waals surface area (Å²) in [6, 6.07) is 6.01. The molecule has 1 aliphatic heterocycles. The van der Waals surface area contributed by atoms with Crippen molar-refractivity contribution in [1.82, 2.24) is 0 Å². The number of hydrogen-bond acceptors (Lipinski definition) is 3. The Morgan fingerprint density at radius 1 is 1.41 bits per heavy atom. The maximum Gasteiger partial charge on any atom is 0.224 e. The molecule has 0 spiro atoms. The van der Waals surface area contributed by atoms with Crippen LogP contribution in [-0.4, -0.2) is 18.0 Å². The second-order valence-corrected chi connectivity index (χ2v) is 5.13. The number of nitrogens with two attached hydrogens (primary N) is 1. The molecule has 1 aliphatic rings. The van der Waals surface area contributed by atoms with Crippen molar-refractivity contribution < 1.29 is 4.79 Å². The van der Waals surface area contributed by atoms with Gasteiger partial charge in [0.25, 0.3) is 0 Å². The van der Waals surface area contributed by atoms with E-state index < -0.39 is 0 Å². The molecule has 4 heteroatoms. The molecule has 1 aromatic carbocycles. The molecule has 4 N–H and O–H groups in total. The van der Waals surface area contributed by atoms with Gasteiger partial charge >= 0.3 is 0 Å². The number of nitrogens with one attached hydrogen (secondary N) is 2. The number of aryl methyl sites for hydroxylation is 1. The van der Waals surface area contributed by atoms with Crippen molar-refractivity contribution in [3.63, 3.8) is 0 Å². The van der Waals surface area contributed by atoms with Gasteiger partial charge in [0.1, 0.15) is 0 Å². The zero-order valence-electron chi connectivity index (χ0n) is 10.3. The lowest BCUT2D eigenvalue weighted by Crippen LogP contribution is -2.39. The van der Waals surface area contributed by atoms with Gasteiger partial charge in [-0.1, -0.05) is 0 Å². The van der Waals surface area contributed by atoms with E-state index >= 15 is 0 Å². The van der Waals surface area contributed by atoms with Crippen LogP contribution in [0.3, 0.4) is 0 Å². The van der Waals surface area contributed by atoms with E-state index in [0.29, 0.717) is 13.0 Å². The summed E-state index contributed by atoms with van der Waals surface area (Å²) in [5, 5.41) is 6.26. The third-order valence-electron chi connectivity index (χ3n) is 2.99. The van der Waals surface area contributed by atoms with E-state index in [4.69, 9.17) is 5.73 Å². The molecule has 0 bridgehead atoms. The molecule has 0 saturated carbocycles. The van der Waals surface area contributed by atoms with Gasteiger partial charge in [0.05, 0.1) is 0 Å². The molecule has 0 unspecified atom stereocenters. The van der Waals surface area contributed by atoms with Gasteiger partial charge in [-0.25, -0.2) is 0 Å². The van der Waals surface area contributed by atoms with Crippen LogP contribution >= 0.6 is 0 Å². The molecule has 0 fully saturated rings. The van der Waals surface area contributed by atoms with E-state index in [1.807, 2.05) is 12.1 Å². The number of hydrogen-bond donors (Lipinski definition) is 3. The maximum atomic E-state index is 11.2. The van der Waals surface area contributed by atoms with Crippen LogP contribution in [0, 0.1) is 0 Å². The molecule has 4 nitrogen and oxygen atoms in total. The van der Waals surface area contributed by atoms with Gasteiger partial charge < -0.3 is 16.4 Å². The third kappa shape index (κ3) is 2.77. The Bertz CT molecular complexity index is 440. The van der Waals surface area contributed by atoms with Gasteiger partial charge in [-0.05, 0) is 44.0 Å². The first-order valence-corrected chi connectivity index (χ1v) is 5.91. The highest BCUT2D eigenvalue weighted by Gasteiger charge is 2.18. The first kappa shape index (κ1) is 11.9. The van der Waals surface area contributed by atoms with Crippen molar-refractivity contribution in [1.29, 1.82) is 0 Å². The molecule has 1 amide bonds. The van der Waals surface area contributed by atoms with Crippen LogP contribution < -0.4 is 16.4 Å². The second-order valence-electron chi connectivity index (χ2n) is 5.13.